The van der Waals surface area contributed by atoms with Crippen LogP contribution in [-0.4, -0.2) is 55.4 Å². The van der Waals surface area contributed by atoms with Crippen molar-refractivity contribution >= 4 is 5.97 Å². The fraction of sp³-hybridized carbons (Fsp3) is 0.923. The van der Waals surface area contributed by atoms with Crippen molar-refractivity contribution in [2.24, 2.45) is 5.73 Å². The highest BCUT2D eigenvalue weighted by Crippen LogP contribution is 2.15. The van der Waals surface area contributed by atoms with Crippen molar-refractivity contribution in [3.05, 3.63) is 0 Å². The molecule has 1 fully saturated rings. The maximum atomic E-state index is 11.7. The first-order valence-electron chi connectivity index (χ1n) is 6.79. The van der Waals surface area contributed by atoms with Gasteiger partial charge in [0.05, 0.1) is 12.7 Å². The average Bonchev–Trinajstić information content (AvgIpc) is 2.81. The topological polar surface area (TPSA) is 64.8 Å². The summed E-state index contributed by atoms with van der Waals surface area (Å²) < 4.78 is 10.6. The summed E-state index contributed by atoms with van der Waals surface area (Å²) in [5.74, 6) is -0.337. The highest BCUT2D eigenvalue weighted by atomic mass is 16.5. The molecule has 0 radical (unpaired) electrons. The van der Waals surface area contributed by atoms with Crippen LogP contribution in [0.3, 0.4) is 0 Å². The SMILES string of the molecule is CCOC(=O)C(C)(N)CN(CC)CC1CCCO1. The van der Waals surface area contributed by atoms with E-state index in [4.69, 9.17) is 15.2 Å². The first-order valence-corrected chi connectivity index (χ1v) is 6.79. The molecule has 1 rings (SSSR count). The van der Waals surface area contributed by atoms with Gasteiger partial charge >= 0.3 is 5.97 Å². The fourth-order valence-electron chi connectivity index (χ4n) is 2.21. The minimum atomic E-state index is -0.954. The lowest BCUT2D eigenvalue weighted by Crippen LogP contribution is -2.55. The Morgan fingerprint density at radius 2 is 2.28 bits per heavy atom. The molecular formula is C13H26N2O3. The summed E-state index contributed by atoms with van der Waals surface area (Å²) in [6.07, 6.45) is 2.50. The Balaban J connectivity index is 2.47. The Kier molecular flexibility index (Phi) is 6.05. The highest BCUT2D eigenvalue weighted by molar-refractivity contribution is 5.80. The zero-order valence-electron chi connectivity index (χ0n) is 11.8. The van der Waals surface area contributed by atoms with Gasteiger partial charge in [0.15, 0.2) is 0 Å². The predicted molar refractivity (Wildman–Crippen MR) is 70.3 cm³/mol. The van der Waals surface area contributed by atoms with Crippen molar-refractivity contribution in [1.29, 1.82) is 0 Å². The van der Waals surface area contributed by atoms with Gasteiger partial charge in [-0.25, -0.2) is 0 Å². The number of ether oxygens (including phenoxy) is 2. The van der Waals surface area contributed by atoms with Gasteiger partial charge in [0.2, 0.25) is 0 Å². The van der Waals surface area contributed by atoms with Crippen molar-refractivity contribution in [2.75, 3.05) is 32.8 Å². The summed E-state index contributed by atoms with van der Waals surface area (Å²) in [6, 6.07) is 0. The Labute approximate surface area is 110 Å². The summed E-state index contributed by atoms with van der Waals surface area (Å²) in [4.78, 5) is 13.9. The second-order valence-corrected chi connectivity index (χ2v) is 5.10. The smallest absolute Gasteiger partial charge is 0.327 e. The van der Waals surface area contributed by atoms with Gasteiger partial charge in [-0.1, -0.05) is 6.92 Å². The summed E-state index contributed by atoms with van der Waals surface area (Å²) in [6.45, 7) is 8.98. The van der Waals surface area contributed by atoms with Gasteiger partial charge < -0.3 is 15.2 Å². The largest absolute Gasteiger partial charge is 0.465 e. The standard InChI is InChI=1S/C13H26N2O3/c1-4-15(9-11-7-6-8-18-11)10-13(3,14)12(16)17-5-2/h11H,4-10,14H2,1-3H3. The minimum Gasteiger partial charge on any atom is -0.465 e. The second kappa shape index (κ2) is 7.07. The molecule has 2 unspecified atom stereocenters. The Bertz CT molecular complexity index is 263. The normalized spacial score (nSPS) is 23.1. The highest BCUT2D eigenvalue weighted by Gasteiger charge is 2.33. The first kappa shape index (κ1) is 15.4. The molecule has 1 aliphatic heterocycles. The van der Waals surface area contributed by atoms with Gasteiger partial charge in [-0.3, -0.25) is 9.69 Å². The van der Waals surface area contributed by atoms with Crippen LogP contribution in [-0.2, 0) is 14.3 Å². The van der Waals surface area contributed by atoms with E-state index in [2.05, 4.69) is 11.8 Å². The molecule has 2 atom stereocenters. The Morgan fingerprint density at radius 3 is 2.78 bits per heavy atom. The molecule has 0 spiro atoms. The third kappa shape index (κ3) is 4.55. The molecule has 1 heterocycles. The number of hydrogen-bond donors (Lipinski definition) is 1. The number of carbonyl (C=O) groups is 1. The summed E-state index contributed by atoms with van der Waals surface area (Å²) in [5, 5.41) is 0. The summed E-state index contributed by atoms with van der Waals surface area (Å²) in [7, 11) is 0. The van der Waals surface area contributed by atoms with E-state index in [9.17, 15) is 4.79 Å². The van der Waals surface area contributed by atoms with Gasteiger partial charge in [0, 0.05) is 19.7 Å². The fourth-order valence-corrected chi connectivity index (χ4v) is 2.21. The summed E-state index contributed by atoms with van der Waals surface area (Å²) >= 11 is 0. The number of hydrogen-bond acceptors (Lipinski definition) is 5. The molecule has 18 heavy (non-hydrogen) atoms. The van der Waals surface area contributed by atoms with E-state index in [0.29, 0.717) is 13.2 Å². The zero-order chi connectivity index (χ0) is 13.6. The molecular weight excluding hydrogens is 232 g/mol. The van der Waals surface area contributed by atoms with Crippen molar-refractivity contribution in [2.45, 2.75) is 45.3 Å². The molecule has 0 bridgehead atoms. The van der Waals surface area contributed by atoms with Crippen LogP contribution < -0.4 is 5.73 Å². The maximum absolute atomic E-state index is 11.7. The van der Waals surface area contributed by atoms with Crippen LogP contribution in [0.2, 0.25) is 0 Å². The van der Waals surface area contributed by atoms with E-state index in [-0.39, 0.29) is 12.1 Å². The maximum Gasteiger partial charge on any atom is 0.327 e. The number of carbonyl (C=O) groups excluding carboxylic acids is 1. The molecule has 0 aliphatic carbocycles. The quantitative estimate of drug-likeness (QED) is 0.683. The molecule has 0 aromatic carbocycles. The van der Waals surface area contributed by atoms with E-state index < -0.39 is 5.54 Å². The second-order valence-electron chi connectivity index (χ2n) is 5.10. The number of nitrogens with zero attached hydrogens (tertiary/aromatic N) is 1. The average molecular weight is 258 g/mol. The minimum absolute atomic E-state index is 0.281. The zero-order valence-corrected chi connectivity index (χ0v) is 11.8. The third-order valence-corrected chi connectivity index (χ3v) is 3.23. The molecule has 0 aromatic rings. The van der Waals surface area contributed by atoms with Crippen LogP contribution in [0, 0.1) is 0 Å². The van der Waals surface area contributed by atoms with Crippen molar-refractivity contribution in [1.82, 2.24) is 4.90 Å². The number of likely N-dealkylation sites (N-methyl/N-ethyl adjacent to an activating group) is 1. The number of esters is 1. The van der Waals surface area contributed by atoms with Gasteiger partial charge in [0.1, 0.15) is 5.54 Å². The number of nitrogens with two attached hydrogens (primary N) is 1. The van der Waals surface area contributed by atoms with Gasteiger partial charge in [-0.05, 0) is 33.2 Å². The van der Waals surface area contributed by atoms with Crippen LogP contribution in [0.1, 0.15) is 33.6 Å². The van der Waals surface area contributed by atoms with Crippen molar-refractivity contribution < 1.29 is 14.3 Å². The van der Waals surface area contributed by atoms with Crippen LogP contribution in [0.5, 0.6) is 0 Å². The number of rotatable bonds is 7. The lowest BCUT2D eigenvalue weighted by molar-refractivity contribution is -0.149. The lowest BCUT2D eigenvalue weighted by Gasteiger charge is -2.31. The lowest BCUT2D eigenvalue weighted by atomic mass is 10.0. The van der Waals surface area contributed by atoms with E-state index in [0.717, 1.165) is 32.5 Å². The molecule has 0 aromatic heterocycles. The van der Waals surface area contributed by atoms with Crippen molar-refractivity contribution in [3.8, 4) is 0 Å². The monoisotopic (exact) mass is 258 g/mol. The molecule has 0 amide bonds. The molecule has 5 heteroatoms. The van der Waals surface area contributed by atoms with E-state index >= 15 is 0 Å². The predicted octanol–water partition coefficient (Wildman–Crippen LogP) is 0.768. The Morgan fingerprint density at radius 1 is 1.56 bits per heavy atom. The molecule has 106 valence electrons. The van der Waals surface area contributed by atoms with Crippen LogP contribution >= 0.6 is 0 Å². The van der Waals surface area contributed by atoms with E-state index in [1.54, 1.807) is 13.8 Å². The molecule has 2 N–H and O–H groups in total. The van der Waals surface area contributed by atoms with Crippen LogP contribution in [0.25, 0.3) is 0 Å². The summed E-state index contributed by atoms with van der Waals surface area (Å²) in [5.41, 5.74) is 5.09. The molecule has 0 saturated carbocycles. The Hall–Kier alpha value is -0.650. The van der Waals surface area contributed by atoms with E-state index in [1.165, 1.54) is 0 Å². The van der Waals surface area contributed by atoms with Gasteiger partial charge in [-0.2, -0.15) is 0 Å². The third-order valence-electron chi connectivity index (χ3n) is 3.23. The van der Waals surface area contributed by atoms with Crippen LogP contribution in [0.4, 0.5) is 0 Å². The first-order chi connectivity index (χ1) is 8.49. The molecule has 1 saturated heterocycles. The molecule has 1 aliphatic rings. The van der Waals surface area contributed by atoms with Gasteiger partial charge in [-0.15, -0.1) is 0 Å². The van der Waals surface area contributed by atoms with Crippen molar-refractivity contribution in [3.63, 3.8) is 0 Å². The van der Waals surface area contributed by atoms with Crippen LogP contribution in [0.15, 0.2) is 0 Å². The van der Waals surface area contributed by atoms with E-state index in [1.807, 2.05) is 0 Å². The molecule has 5 nitrogen and oxygen atoms in total. The van der Waals surface area contributed by atoms with Gasteiger partial charge in [0.25, 0.3) is 0 Å².